The minimum atomic E-state index is -3.22. The third kappa shape index (κ3) is 4.94. The van der Waals surface area contributed by atoms with Crippen LogP contribution in [0.1, 0.15) is 61.6 Å². The van der Waals surface area contributed by atoms with Crippen LogP contribution in [0, 0.1) is 0 Å². The van der Waals surface area contributed by atoms with Gasteiger partial charge in [0, 0.05) is 11.8 Å². The first kappa shape index (κ1) is 20.2. The first-order valence-corrected chi connectivity index (χ1v) is 10.6. The summed E-state index contributed by atoms with van der Waals surface area (Å²) in [6.45, 7) is 8.39. The standard InChI is InChI=1S/C21H27NO3S/c1-6-19(15-9-13-18(14-10-15)26(5,24)25)22-20(23)16-7-11-17(12-8-16)21(2,3)4/h7-14,19H,6H2,1-5H3,(H,22,23). The predicted octanol–water partition coefficient (Wildman–Crippen LogP) is 4.27. The molecule has 2 rings (SSSR count). The predicted molar refractivity (Wildman–Crippen MR) is 105 cm³/mol. The third-order valence-electron chi connectivity index (χ3n) is 4.44. The van der Waals surface area contributed by atoms with Crippen molar-refractivity contribution in [2.24, 2.45) is 0 Å². The normalized spacial score (nSPS) is 13.3. The van der Waals surface area contributed by atoms with Crippen molar-refractivity contribution in [3.8, 4) is 0 Å². The summed E-state index contributed by atoms with van der Waals surface area (Å²) in [6, 6.07) is 14.2. The van der Waals surface area contributed by atoms with Gasteiger partial charge in [-0.3, -0.25) is 4.79 Å². The number of hydrogen-bond acceptors (Lipinski definition) is 3. The number of carbonyl (C=O) groups excluding carboxylic acids is 1. The molecular formula is C21H27NO3S. The lowest BCUT2D eigenvalue weighted by Gasteiger charge is -2.20. The molecule has 140 valence electrons. The van der Waals surface area contributed by atoms with E-state index in [1.54, 1.807) is 24.3 Å². The fourth-order valence-electron chi connectivity index (χ4n) is 2.73. The van der Waals surface area contributed by atoms with Crippen LogP contribution in [-0.2, 0) is 15.3 Å². The number of carbonyl (C=O) groups is 1. The van der Waals surface area contributed by atoms with Gasteiger partial charge < -0.3 is 5.32 Å². The Kier molecular flexibility index (Phi) is 5.91. The number of sulfone groups is 1. The summed E-state index contributed by atoms with van der Waals surface area (Å²) in [4.78, 5) is 12.8. The largest absolute Gasteiger partial charge is 0.345 e. The van der Waals surface area contributed by atoms with E-state index >= 15 is 0 Å². The topological polar surface area (TPSA) is 63.2 Å². The van der Waals surface area contributed by atoms with Crippen LogP contribution in [0.5, 0.6) is 0 Å². The Morgan fingerprint density at radius 2 is 1.54 bits per heavy atom. The van der Waals surface area contributed by atoms with E-state index in [-0.39, 0.29) is 22.3 Å². The van der Waals surface area contributed by atoms with Crippen molar-refractivity contribution < 1.29 is 13.2 Å². The Morgan fingerprint density at radius 1 is 1.00 bits per heavy atom. The second-order valence-corrected chi connectivity index (χ2v) is 9.62. The molecule has 0 aliphatic rings. The van der Waals surface area contributed by atoms with Crippen LogP contribution in [0.4, 0.5) is 0 Å². The molecule has 0 saturated carbocycles. The van der Waals surface area contributed by atoms with Crippen LogP contribution < -0.4 is 5.32 Å². The second kappa shape index (κ2) is 7.62. The van der Waals surface area contributed by atoms with Crippen molar-refractivity contribution in [1.82, 2.24) is 5.32 Å². The Hall–Kier alpha value is -2.14. The van der Waals surface area contributed by atoms with Crippen molar-refractivity contribution in [2.45, 2.75) is 50.5 Å². The number of amides is 1. The highest BCUT2D eigenvalue weighted by molar-refractivity contribution is 7.90. The zero-order valence-electron chi connectivity index (χ0n) is 16.0. The van der Waals surface area contributed by atoms with Crippen molar-refractivity contribution >= 4 is 15.7 Å². The van der Waals surface area contributed by atoms with Crippen LogP contribution in [0.25, 0.3) is 0 Å². The molecular weight excluding hydrogens is 346 g/mol. The Labute approximate surface area is 156 Å². The average Bonchev–Trinajstić information content (AvgIpc) is 2.58. The van der Waals surface area contributed by atoms with Gasteiger partial charge in [-0.2, -0.15) is 0 Å². The molecule has 2 aromatic carbocycles. The zero-order chi connectivity index (χ0) is 19.5. The molecule has 0 fully saturated rings. The van der Waals surface area contributed by atoms with E-state index < -0.39 is 9.84 Å². The van der Waals surface area contributed by atoms with E-state index in [0.29, 0.717) is 12.0 Å². The maximum Gasteiger partial charge on any atom is 0.251 e. The molecule has 0 aromatic heterocycles. The van der Waals surface area contributed by atoms with Gasteiger partial charge in [-0.05, 0) is 47.2 Å². The molecule has 0 aliphatic heterocycles. The Balaban J connectivity index is 2.15. The van der Waals surface area contributed by atoms with E-state index in [0.717, 1.165) is 5.56 Å². The highest BCUT2D eigenvalue weighted by atomic mass is 32.2. The highest BCUT2D eigenvalue weighted by Gasteiger charge is 2.17. The van der Waals surface area contributed by atoms with E-state index in [1.807, 2.05) is 31.2 Å². The Morgan fingerprint density at radius 3 is 1.96 bits per heavy atom. The van der Waals surface area contributed by atoms with E-state index in [4.69, 9.17) is 0 Å². The first-order chi connectivity index (χ1) is 12.0. The molecule has 0 radical (unpaired) electrons. The average molecular weight is 374 g/mol. The quantitative estimate of drug-likeness (QED) is 0.851. The fourth-order valence-corrected chi connectivity index (χ4v) is 3.36. The molecule has 1 unspecified atom stereocenters. The van der Waals surface area contributed by atoms with Crippen molar-refractivity contribution in [1.29, 1.82) is 0 Å². The molecule has 0 heterocycles. The van der Waals surface area contributed by atoms with Gasteiger partial charge in [-0.1, -0.05) is 52.0 Å². The molecule has 0 bridgehead atoms. The van der Waals surface area contributed by atoms with Crippen LogP contribution in [-0.4, -0.2) is 20.6 Å². The minimum Gasteiger partial charge on any atom is -0.345 e. The zero-order valence-corrected chi connectivity index (χ0v) is 16.9. The molecule has 0 spiro atoms. The molecule has 2 aromatic rings. The maximum atomic E-state index is 12.6. The number of hydrogen-bond donors (Lipinski definition) is 1. The van der Waals surface area contributed by atoms with E-state index in [9.17, 15) is 13.2 Å². The lowest BCUT2D eigenvalue weighted by atomic mass is 9.86. The van der Waals surface area contributed by atoms with Crippen molar-refractivity contribution in [2.75, 3.05) is 6.26 Å². The Bertz CT molecular complexity index is 861. The van der Waals surface area contributed by atoms with Gasteiger partial charge >= 0.3 is 0 Å². The van der Waals surface area contributed by atoms with E-state index in [2.05, 4.69) is 26.1 Å². The van der Waals surface area contributed by atoms with Gasteiger partial charge in [0.1, 0.15) is 0 Å². The van der Waals surface area contributed by atoms with Crippen LogP contribution in [0.3, 0.4) is 0 Å². The summed E-state index contributed by atoms with van der Waals surface area (Å²) in [5.74, 6) is -0.135. The highest BCUT2D eigenvalue weighted by Crippen LogP contribution is 2.23. The maximum absolute atomic E-state index is 12.6. The van der Waals surface area contributed by atoms with Gasteiger partial charge in [0.2, 0.25) is 0 Å². The molecule has 0 saturated heterocycles. The number of nitrogens with one attached hydrogen (secondary N) is 1. The minimum absolute atomic E-state index is 0.0440. The van der Waals surface area contributed by atoms with Crippen molar-refractivity contribution in [3.63, 3.8) is 0 Å². The molecule has 26 heavy (non-hydrogen) atoms. The third-order valence-corrected chi connectivity index (χ3v) is 5.57. The van der Waals surface area contributed by atoms with Gasteiger partial charge in [0.15, 0.2) is 9.84 Å². The van der Waals surface area contributed by atoms with Gasteiger partial charge in [-0.25, -0.2) is 8.42 Å². The molecule has 1 amide bonds. The molecule has 4 nitrogen and oxygen atoms in total. The smallest absolute Gasteiger partial charge is 0.251 e. The van der Waals surface area contributed by atoms with Crippen LogP contribution in [0.2, 0.25) is 0 Å². The first-order valence-electron chi connectivity index (χ1n) is 8.74. The summed E-state index contributed by atoms with van der Waals surface area (Å²) >= 11 is 0. The van der Waals surface area contributed by atoms with Crippen molar-refractivity contribution in [3.05, 3.63) is 65.2 Å². The molecule has 0 aliphatic carbocycles. The SMILES string of the molecule is CCC(NC(=O)c1ccc(C(C)(C)C)cc1)c1ccc(S(C)(=O)=O)cc1. The summed E-state index contributed by atoms with van der Waals surface area (Å²) in [5.41, 5.74) is 2.73. The van der Waals surface area contributed by atoms with Crippen LogP contribution >= 0.6 is 0 Å². The molecule has 5 heteroatoms. The summed E-state index contributed by atoms with van der Waals surface area (Å²) < 4.78 is 23.1. The van der Waals surface area contributed by atoms with Gasteiger partial charge in [0.25, 0.3) is 5.91 Å². The lowest BCUT2D eigenvalue weighted by molar-refractivity contribution is 0.0935. The monoisotopic (exact) mass is 373 g/mol. The summed E-state index contributed by atoms with van der Waals surface area (Å²) in [7, 11) is -3.22. The molecule has 1 atom stereocenters. The van der Waals surface area contributed by atoms with E-state index in [1.165, 1.54) is 11.8 Å². The fraction of sp³-hybridized carbons (Fsp3) is 0.381. The summed E-state index contributed by atoms with van der Waals surface area (Å²) in [6.07, 6.45) is 1.90. The lowest BCUT2D eigenvalue weighted by Crippen LogP contribution is -2.28. The second-order valence-electron chi connectivity index (χ2n) is 7.60. The van der Waals surface area contributed by atoms with Gasteiger partial charge in [-0.15, -0.1) is 0 Å². The molecule has 1 N–H and O–H groups in total. The van der Waals surface area contributed by atoms with Gasteiger partial charge in [0.05, 0.1) is 10.9 Å². The number of benzene rings is 2. The van der Waals surface area contributed by atoms with Crippen LogP contribution in [0.15, 0.2) is 53.4 Å². The number of rotatable bonds is 5. The summed E-state index contributed by atoms with van der Waals surface area (Å²) in [5, 5.41) is 3.03.